The second kappa shape index (κ2) is 7.25. The zero-order valence-electron chi connectivity index (χ0n) is 13.7. The van der Waals surface area contributed by atoms with Crippen molar-refractivity contribution in [2.45, 2.75) is 51.4 Å². The normalized spacial score (nSPS) is 21.3. The standard InChI is InChI=1S/C21H24F2/c1-2-3-15-4-6-16(7-5-15)17-8-10-18(11-9-17)20-14-19(22)12-13-21(20)23/h8-16H,2-7H2,1H3/t15-,16-. The van der Waals surface area contributed by atoms with Crippen molar-refractivity contribution in [3.8, 4) is 11.1 Å². The minimum Gasteiger partial charge on any atom is -0.207 e. The van der Waals surface area contributed by atoms with E-state index in [-0.39, 0.29) is 5.82 Å². The van der Waals surface area contributed by atoms with Gasteiger partial charge in [0.1, 0.15) is 11.6 Å². The van der Waals surface area contributed by atoms with Crippen LogP contribution in [0.15, 0.2) is 42.5 Å². The van der Waals surface area contributed by atoms with Gasteiger partial charge in [-0.05, 0) is 66.8 Å². The molecule has 2 aromatic carbocycles. The molecule has 0 aromatic heterocycles. The average Bonchev–Trinajstić information content (AvgIpc) is 2.58. The number of hydrogen-bond donors (Lipinski definition) is 0. The molecule has 0 saturated heterocycles. The summed E-state index contributed by atoms with van der Waals surface area (Å²) in [5.74, 6) is 0.741. The fourth-order valence-corrected chi connectivity index (χ4v) is 3.85. The summed E-state index contributed by atoms with van der Waals surface area (Å²) in [4.78, 5) is 0. The van der Waals surface area contributed by atoms with Crippen molar-refractivity contribution in [3.05, 3.63) is 59.7 Å². The third kappa shape index (κ3) is 3.80. The van der Waals surface area contributed by atoms with E-state index >= 15 is 0 Å². The first-order chi connectivity index (χ1) is 11.2. The lowest BCUT2D eigenvalue weighted by Gasteiger charge is -2.28. The molecular formula is C21H24F2. The zero-order chi connectivity index (χ0) is 16.2. The topological polar surface area (TPSA) is 0 Å². The number of benzene rings is 2. The SMILES string of the molecule is CCC[C@H]1CC[C@H](c2ccc(-c3cc(F)ccc3F)cc2)CC1. The third-order valence-corrected chi connectivity index (χ3v) is 5.17. The van der Waals surface area contributed by atoms with Crippen LogP contribution < -0.4 is 0 Å². The highest BCUT2D eigenvalue weighted by Crippen LogP contribution is 2.38. The fourth-order valence-electron chi connectivity index (χ4n) is 3.85. The second-order valence-electron chi connectivity index (χ2n) is 6.75. The highest BCUT2D eigenvalue weighted by Gasteiger charge is 2.21. The van der Waals surface area contributed by atoms with E-state index in [0.717, 1.165) is 17.5 Å². The van der Waals surface area contributed by atoms with Crippen LogP contribution in [0.3, 0.4) is 0 Å². The lowest BCUT2D eigenvalue weighted by Crippen LogP contribution is -2.13. The first-order valence-electron chi connectivity index (χ1n) is 8.72. The Morgan fingerprint density at radius 1 is 0.913 bits per heavy atom. The maximum Gasteiger partial charge on any atom is 0.131 e. The van der Waals surface area contributed by atoms with Crippen LogP contribution in [0, 0.1) is 17.6 Å². The monoisotopic (exact) mass is 314 g/mol. The molecule has 0 aliphatic heterocycles. The summed E-state index contributed by atoms with van der Waals surface area (Å²) in [5, 5.41) is 0. The number of halogens is 2. The molecule has 23 heavy (non-hydrogen) atoms. The van der Waals surface area contributed by atoms with E-state index in [1.54, 1.807) is 0 Å². The molecule has 0 nitrogen and oxygen atoms in total. The van der Waals surface area contributed by atoms with Crippen molar-refractivity contribution in [2.75, 3.05) is 0 Å². The van der Waals surface area contributed by atoms with Gasteiger partial charge in [0.15, 0.2) is 0 Å². The van der Waals surface area contributed by atoms with E-state index in [9.17, 15) is 8.78 Å². The molecule has 0 heterocycles. The van der Waals surface area contributed by atoms with Gasteiger partial charge in [-0.25, -0.2) is 8.78 Å². The first kappa shape index (κ1) is 16.2. The van der Waals surface area contributed by atoms with Crippen molar-refractivity contribution in [3.63, 3.8) is 0 Å². The Kier molecular flexibility index (Phi) is 5.09. The zero-order valence-corrected chi connectivity index (χ0v) is 13.7. The Morgan fingerprint density at radius 3 is 2.26 bits per heavy atom. The van der Waals surface area contributed by atoms with Gasteiger partial charge in [-0.15, -0.1) is 0 Å². The quantitative estimate of drug-likeness (QED) is 0.588. The summed E-state index contributed by atoms with van der Waals surface area (Å²) in [6.45, 7) is 2.26. The maximum absolute atomic E-state index is 13.9. The summed E-state index contributed by atoms with van der Waals surface area (Å²) in [6.07, 6.45) is 7.77. The summed E-state index contributed by atoms with van der Waals surface area (Å²) in [7, 11) is 0. The van der Waals surface area contributed by atoms with E-state index in [0.29, 0.717) is 11.5 Å². The van der Waals surface area contributed by atoms with Gasteiger partial charge in [-0.2, -0.15) is 0 Å². The van der Waals surface area contributed by atoms with E-state index in [2.05, 4.69) is 19.1 Å². The average molecular weight is 314 g/mol. The van der Waals surface area contributed by atoms with Crippen LogP contribution >= 0.6 is 0 Å². The smallest absolute Gasteiger partial charge is 0.131 e. The van der Waals surface area contributed by atoms with Crippen LogP contribution in [0.1, 0.15) is 56.9 Å². The molecule has 0 atom stereocenters. The molecule has 0 radical (unpaired) electrons. The molecule has 0 spiro atoms. The number of hydrogen-bond acceptors (Lipinski definition) is 0. The lowest BCUT2D eigenvalue weighted by molar-refractivity contribution is 0.308. The second-order valence-corrected chi connectivity index (χ2v) is 6.75. The Morgan fingerprint density at radius 2 is 1.61 bits per heavy atom. The van der Waals surface area contributed by atoms with Gasteiger partial charge in [0, 0.05) is 5.56 Å². The predicted molar refractivity (Wildman–Crippen MR) is 91.4 cm³/mol. The van der Waals surface area contributed by atoms with Gasteiger partial charge in [-0.1, -0.05) is 44.0 Å². The molecule has 3 rings (SSSR count). The van der Waals surface area contributed by atoms with Crippen LogP contribution in [0.2, 0.25) is 0 Å². The molecule has 0 amide bonds. The molecule has 122 valence electrons. The van der Waals surface area contributed by atoms with Gasteiger partial charge < -0.3 is 0 Å². The highest BCUT2D eigenvalue weighted by molar-refractivity contribution is 5.64. The van der Waals surface area contributed by atoms with Gasteiger partial charge in [0.2, 0.25) is 0 Å². The minimum atomic E-state index is -0.403. The Hall–Kier alpha value is -1.70. The van der Waals surface area contributed by atoms with E-state index < -0.39 is 5.82 Å². The summed E-state index contributed by atoms with van der Waals surface area (Å²) in [5.41, 5.74) is 2.41. The third-order valence-electron chi connectivity index (χ3n) is 5.17. The molecule has 2 aromatic rings. The van der Waals surface area contributed by atoms with Crippen LogP contribution in [0.4, 0.5) is 8.78 Å². The van der Waals surface area contributed by atoms with Crippen LogP contribution in [-0.2, 0) is 0 Å². The Balaban J connectivity index is 1.72. The first-order valence-corrected chi connectivity index (χ1v) is 8.72. The summed E-state index contributed by atoms with van der Waals surface area (Å²) in [6, 6.07) is 11.6. The minimum absolute atomic E-state index is 0.336. The summed E-state index contributed by atoms with van der Waals surface area (Å²) >= 11 is 0. The fraction of sp³-hybridized carbons (Fsp3) is 0.429. The van der Waals surface area contributed by atoms with Crippen molar-refractivity contribution in [1.29, 1.82) is 0 Å². The lowest BCUT2D eigenvalue weighted by atomic mass is 9.77. The van der Waals surface area contributed by atoms with Crippen molar-refractivity contribution >= 4 is 0 Å². The van der Waals surface area contributed by atoms with Crippen LogP contribution in [0.25, 0.3) is 11.1 Å². The highest BCUT2D eigenvalue weighted by atomic mass is 19.1. The van der Waals surface area contributed by atoms with Crippen LogP contribution in [-0.4, -0.2) is 0 Å². The Labute approximate surface area is 137 Å². The van der Waals surface area contributed by atoms with E-state index in [4.69, 9.17) is 0 Å². The number of rotatable bonds is 4. The molecule has 0 N–H and O–H groups in total. The van der Waals surface area contributed by atoms with Crippen molar-refractivity contribution in [2.24, 2.45) is 5.92 Å². The molecule has 1 aliphatic rings. The molecule has 0 unspecified atom stereocenters. The molecule has 1 saturated carbocycles. The Bertz CT molecular complexity index is 637. The molecular weight excluding hydrogens is 290 g/mol. The van der Waals surface area contributed by atoms with Crippen LogP contribution in [0.5, 0.6) is 0 Å². The van der Waals surface area contributed by atoms with Crippen molar-refractivity contribution < 1.29 is 8.78 Å². The van der Waals surface area contributed by atoms with E-state index in [1.807, 2.05) is 12.1 Å². The van der Waals surface area contributed by atoms with Gasteiger partial charge >= 0.3 is 0 Å². The molecule has 0 bridgehead atoms. The van der Waals surface area contributed by atoms with E-state index in [1.165, 1.54) is 56.2 Å². The predicted octanol–water partition coefficient (Wildman–Crippen LogP) is 6.71. The maximum atomic E-state index is 13.9. The summed E-state index contributed by atoms with van der Waals surface area (Å²) < 4.78 is 27.2. The largest absolute Gasteiger partial charge is 0.207 e. The van der Waals surface area contributed by atoms with Gasteiger partial charge in [0.25, 0.3) is 0 Å². The van der Waals surface area contributed by atoms with Gasteiger partial charge in [-0.3, -0.25) is 0 Å². The molecule has 1 aliphatic carbocycles. The molecule has 2 heteroatoms. The van der Waals surface area contributed by atoms with Gasteiger partial charge in [0.05, 0.1) is 0 Å². The molecule has 1 fully saturated rings. The van der Waals surface area contributed by atoms with Crippen molar-refractivity contribution in [1.82, 2.24) is 0 Å².